The minimum absolute atomic E-state index is 0.0816. The number of ether oxygens (including phenoxy) is 2. The Labute approximate surface area is 73.4 Å². The molecule has 0 heterocycles. The first-order chi connectivity index (χ1) is 5.57. The normalized spacial score (nSPS) is 9.67. The van der Waals surface area contributed by atoms with Crippen LogP contribution in [0.1, 0.15) is 20.8 Å². The Kier molecular flexibility index (Phi) is 5.17. The molecule has 0 amide bonds. The molecule has 3 heteroatoms. The molecule has 0 spiro atoms. The lowest BCUT2D eigenvalue weighted by Gasteiger charge is -2.08. The topological polar surface area (TPSA) is 35.5 Å². The van der Waals surface area contributed by atoms with E-state index >= 15 is 0 Å². The van der Waals surface area contributed by atoms with E-state index in [2.05, 4.69) is 6.58 Å². The zero-order chi connectivity index (χ0) is 9.56. The average Bonchev–Trinajstić information content (AvgIpc) is 2.00. The van der Waals surface area contributed by atoms with Crippen LogP contribution < -0.4 is 0 Å². The van der Waals surface area contributed by atoms with Crippen LogP contribution in [0.15, 0.2) is 12.3 Å². The molecule has 3 nitrogen and oxygen atoms in total. The molecular weight excluding hydrogens is 156 g/mol. The van der Waals surface area contributed by atoms with Crippen LogP contribution in [-0.2, 0) is 14.3 Å². The smallest absolute Gasteiger partial charge is 0.372 e. The first-order valence-corrected chi connectivity index (χ1v) is 4.06. The van der Waals surface area contributed by atoms with Gasteiger partial charge in [0.25, 0.3) is 0 Å². The third kappa shape index (κ3) is 4.77. The van der Waals surface area contributed by atoms with Crippen molar-refractivity contribution in [2.24, 2.45) is 5.92 Å². The van der Waals surface area contributed by atoms with Gasteiger partial charge in [-0.1, -0.05) is 13.8 Å². The molecule has 0 aromatic carbocycles. The van der Waals surface area contributed by atoms with Crippen molar-refractivity contribution in [1.29, 1.82) is 0 Å². The monoisotopic (exact) mass is 172 g/mol. The fourth-order valence-corrected chi connectivity index (χ4v) is 0.556. The van der Waals surface area contributed by atoms with Crippen LogP contribution in [0.25, 0.3) is 0 Å². The Hall–Kier alpha value is -0.990. The van der Waals surface area contributed by atoms with E-state index in [1.165, 1.54) is 0 Å². The lowest BCUT2D eigenvalue weighted by molar-refractivity contribution is -0.144. The lowest BCUT2D eigenvalue weighted by atomic mass is 10.2. The van der Waals surface area contributed by atoms with Crippen molar-refractivity contribution in [2.75, 3.05) is 13.2 Å². The van der Waals surface area contributed by atoms with Gasteiger partial charge in [0.2, 0.25) is 0 Å². The minimum atomic E-state index is -0.467. The summed E-state index contributed by atoms with van der Waals surface area (Å²) in [5, 5.41) is 0. The van der Waals surface area contributed by atoms with Crippen molar-refractivity contribution in [3.8, 4) is 0 Å². The maximum absolute atomic E-state index is 11.0. The highest BCUT2D eigenvalue weighted by Gasteiger charge is 2.09. The summed E-state index contributed by atoms with van der Waals surface area (Å²) in [4.78, 5) is 11.0. The lowest BCUT2D eigenvalue weighted by Crippen LogP contribution is -2.13. The van der Waals surface area contributed by atoms with Gasteiger partial charge in [0.15, 0.2) is 5.76 Å². The van der Waals surface area contributed by atoms with Gasteiger partial charge in [0, 0.05) is 0 Å². The SMILES string of the molecule is C=C(OCC)C(=O)OCC(C)C. The summed E-state index contributed by atoms with van der Waals surface area (Å²) >= 11 is 0. The number of hydrogen-bond acceptors (Lipinski definition) is 3. The van der Waals surface area contributed by atoms with Gasteiger partial charge < -0.3 is 9.47 Å². The van der Waals surface area contributed by atoms with Gasteiger partial charge in [-0.2, -0.15) is 0 Å². The molecule has 12 heavy (non-hydrogen) atoms. The Morgan fingerprint density at radius 3 is 2.42 bits per heavy atom. The molecule has 0 bridgehead atoms. The maximum atomic E-state index is 11.0. The number of rotatable bonds is 5. The first-order valence-electron chi connectivity index (χ1n) is 4.06. The summed E-state index contributed by atoms with van der Waals surface area (Å²) in [6.45, 7) is 10.0. The van der Waals surface area contributed by atoms with Crippen LogP contribution in [-0.4, -0.2) is 19.2 Å². The maximum Gasteiger partial charge on any atom is 0.372 e. The van der Waals surface area contributed by atoms with Crippen molar-refractivity contribution < 1.29 is 14.3 Å². The Balaban J connectivity index is 3.65. The van der Waals surface area contributed by atoms with Crippen LogP contribution in [0, 0.1) is 5.92 Å². The number of hydrogen-bond donors (Lipinski definition) is 0. The molecular formula is C9H16O3. The van der Waals surface area contributed by atoms with E-state index < -0.39 is 5.97 Å². The summed E-state index contributed by atoms with van der Waals surface area (Å²) in [5.74, 6) is -0.0490. The molecule has 0 rings (SSSR count). The number of esters is 1. The molecule has 0 aliphatic rings. The van der Waals surface area contributed by atoms with Crippen LogP contribution in [0.3, 0.4) is 0 Å². The van der Waals surface area contributed by atoms with Gasteiger partial charge in [-0.3, -0.25) is 0 Å². The minimum Gasteiger partial charge on any atom is -0.487 e. The van der Waals surface area contributed by atoms with Crippen LogP contribution in [0.2, 0.25) is 0 Å². The zero-order valence-electron chi connectivity index (χ0n) is 7.92. The first kappa shape index (κ1) is 11.0. The predicted octanol–water partition coefficient (Wildman–Crippen LogP) is 1.74. The van der Waals surface area contributed by atoms with Crippen LogP contribution in [0.4, 0.5) is 0 Å². The third-order valence-corrected chi connectivity index (χ3v) is 1.09. The summed E-state index contributed by atoms with van der Waals surface area (Å²) in [7, 11) is 0. The van der Waals surface area contributed by atoms with E-state index in [1.807, 2.05) is 13.8 Å². The van der Waals surface area contributed by atoms with Gasteiger partial charge in [-0.05, 0) is 19.4 Å². The van der Waals surface area contributed by atoms with E-state index in [4.69, 9.17) is 9.47 Å². The van der Waals surface area contributed by atoms with E-state index in [1.54, 1.807) is 6.92 Å². The van der Waals surface area contributed by atoms with Crippen molar-refractivity contribution in [3.63, 3.8) is 0 Å². The second-order valence-electron chi connectivity index (χ2n) is 2.85. The van der Waals surface area contributed by atoms with Crippen molar-refractivity contribution in [3.05, 3.63) is 12.3 Å². The summed E-state index contributed by atoms with van der Waals surface area (Å²) in [5.41, 5.74) is 0. The van der Waals surface area contributed by atoms with E-state index in [0.29, 0.717) is 19.1 Å². The Morgan fingerprint density at radius 2 is 2.00 bits per heavy atom. The highest BCUT2D eigenvalue weighted by molar-refractivity contribution is 5.85. The van der Waals surface area contributed by atoms with Gasteiger partial charge in [-0.25, -0.2) is 4.79 Å². The molecule has 0 radical (unpaired) electrons. The van der Waals surface area contributed by atoms with Gasteiger partial charge >= 0.3 is 5.97 Å². The molecule has 0 atom stereocenters. The van der Waals surface area contributed by atoms with E-state index in [0.717, 1.165) is 0 Å². The van der Waals surface area contributed by atoms with Gasteiger partial charge in [-0.15, -0.1) is 0 Å². The molecule has 0 aromatic heterocycles. The van der Waals surface area contributed by atoms with Crippen molar-refractivity contribution >= 4 is 5.97 Å². The fraction of sp³-hybridized carbons (Fsp3) is 0.667. The quantitative estimate of drug-likeness (QED) is 0.360. The van der Waals surface area contributed by atoms with Gasteiger partial charge in [0.05, 0.1) is 13.2 Å². The molecule has 0 unspecified atom stereocenters. The molecule has 0 aromatic rings. The Bertz CT molecular complexity index is 161. The van der Waals surface area contributed by atoms with Crippen LogP contribution in [0.5, 0.6) is 0 Å². The molecule has 0 N–H and O–H groups in total. The zero-order valence-corrected chi connectivity index (χ0v) is 7.92. The van der Waals surface area contributed by atoms with Crippen molar-refractivity contribution in [1.82, 2.24) is 0 Å². The second-order valence-corrected chi connectivity index (χ2v) is 2.85. The highest BCUT2D eigenvalue weighted by atomic mass is 16.6. The number of carbonyl (C=O) groups excluding carboxylic acids is 1. The average molecular weight is 172 g/mol. The largest absolute Gasteiger partial charge is 0.487 e. The molecule has 0 aliphatic carbocycles. The Morgan fingerprint density at radius 1 is 1.42 bits per heavy atom. The van der Waals surface area contributed by atoms with Gasteiger partial charge in [0.1, 0.15) is 0 Å². The summed E-state index contributed by atoms with van der Waals surface area (Å²) < 4.78 is 9.72. The summed E-state index contributed by atoms with van der Waals surface area (Å²) in [6.07, 6.45) is 0. The molecule has 0 saturated heterocycles. The standard InChI is InChI=1S/C9H16O3/c1-5-11-8(4)9(10)12-6-7(2)3/h7H,4-6H2,1-3H3. The molecule has 0 aliphatic heterocycles. The highest BCUT2D eigenvalue weighted by Crippen LogP contribution is 1.99. The molecule has 70 valence electrons. The summed E-state index contributed by atoms with van der Waals surface area (Å²) in [6, 6.07) is 0. The fourth-order valence-electron chi connectivity index (χ4n) is 0.556. The van der Waals surface area contributed by atoms with Crippen molar-refractivity contribution in [2.45, 2.75) is 20.8 Å². The van der Waals surface area contributed by atoms with Crippen LogP contribution >= 0.6 is 0 Å². The number of carbonyl (C=O) groups is 1. The molecule has 0 saturated carbocycles. The second kappa shape index (κ2) is 5.63. The predicted molar refractivity (Wildman–Crippen MR) is 46.6 cm³/mol. The molecule has 0 fully saturated rings. The van der Waals surface area contributed by atoms with E-state index in [-0.39, 0.29) is 5.76 Å². The van der Waals surface area contributed by atoms with E-state index in [9.17, 15) is 4.79 Å². The third-order valence-electron chi connectivity index (χ3n) is 1.09.